The van der Waals surface area contributed by atoms with E-state index in [1.807, 2.05) is 37.3 Å². The molecule has 0 aliphatic carbocycles. The van der Waals surface area contributed by atoms with Gasteiger partial charge in [-0.25, -0.2) is 8.42 Å². The second-order valence-corrected chi connectivity index (χ2v) is 7.81. The molecular formula is C16H18INO3S. The first-order valence-electron chi connectivity index (χ1n) is 6.86. The molecule has 2 rings (SSSR count). The summed E-state index contributed by atoms with van der Waals surface area (Å²) >= 11 is 2.08. The first-order chi connectivity index (χ1) is 10.5. The van der Waals surface area contributed by atoms with Gasteiger partial charge in [0.15, 0.2) is 0 Å². The van der Waals surface area contributed by atoms with Crippen LogP contribution < -0.4 is 4.74 Å². The van der Waals surface area contributed by atoms with Crippen molar-refractivity contribution in [1.82, 2.24) is 4.31 Å². The molecule has 0 spiro atoms. The molecule has 0 saturated carbocycles. The zero-order valence-electron chi connectivity index (χ0n) is 12.5. The Bertz CT molecular complexity index is 732. The summed E-state index contributed by atoms with van der Waals surface area (Å²) in [5.74, 6) is 0.672. The van der Waals surface area contributed by atoms with Gasteiger partial charge in [-0.15, -0.1) is 0 Å². The van der Waals surface area contributed by atoms with E-state index in [9.17, 15) is 8.42 Å². The van der Waals surface area contributed by atoms with Gasteiger partial charge in [-0.05, 0) is 46.4 Å². The Kier molecular flexibility index (Phi) is 5.82. The van der Waals surface area contributed by atoms with Crippen LogP contribution in [-0.2, 0) is 16.6 Å². The molecule has 0 N–H and O–H groups in total. The van der Waals surface area contributed by atoms with Crippen molar-refractivity contribution < 1.29 is 13.2 Å². The summed E-state index contributed by atoms with van der Waals surface area (Å²) in [6, 6.07) is 14.5. The summed E-state index contributed by atoms with van der Waals surface area (Å²) in [5, 5.41) is 0. The summed E-state index contributed by atoms with van der Waals surface area (Å²) < 4.78 is 33.0. The van der Waals surface area contributed by atoms with Crippen molar-refractivity contribution in [3.63, 3.8) is 0 Å². The van der Waals surface area contributed by atoms with Crippen molar-refractivity contribution in [2.75, 3.05) is 13.7 Å². The predicted molar refractivity (Wildman–Crippen MR) is 95.4 cm³/mol. The maximum absolute atomic E-state index is 12.8. The second kappa shape index (κ2) is 7.43. The maximum Gasteiger partial charge on any atom is 0.243 e. The van der Waals surface area contributed by atoms with Crippen LogP contribution in [-0.4, -0.2) is 26.4 Å². The van der Waals surface area contributed by atoms with Gasteiger partial charge >= 0.3 is 0 Å². The first kappa shape index (κ1) is 17.2. The molecule has 0 amide bonds. The van der Waals surface area contributed by atoms with Crippen LogP contribution in [0.25, 0.3) is 0 Å². The van der Waals surface area contributed by atoms with Crippen LogP contribution >= 0.6 is 22.6 Å². The van der Waals surface area contributed by atoms with Gasteiger partial charge in [0.05, 0.1) is 15.6 Å². The number of hydrogen-bond acceptors (Lipinski definition) is 3. The van der Waals surface area contributed by atoms with E-state index in [4.69, 9.17) is 4.74 Å². The lowest BCUT2D eigenvalue weighted by Crippen LogP contribution is -2.30. The zero-order chi connectivity index (χ0) is 16.2. The van der Waals surface area contributed by atoms with E-state index in [-0.39, 0.29) is 4.90 Å². The number of benzene rings is 2. The lowest BCUT2D eigenvalue weighted by atomic mass is 10.2. The van der Waals surface area contributed by atoms with E-state index in [0.717, 1.165) is 9.13 Å². The van der Waals surface area contributed by atoms with Gasteiger partial charge in [-0.1, -0.05) is 37.3 Å². The highest BCUT2D eigenvalue weighted by Crippen LogP contribution is 2.26. The smallest absolute Gasteiger partial charge is 0.243 e. The van der Waals surface area contributed by atoms with E-state index in [2.05, 4.69) is 22.6 Å². The quantitative estimate of drug-likeness (QED) is 0.658. The molecule has 0 bridgehead atoms. The highest BCUT2D eigenvalue weighted by atomic mass is 127. The SMILES string of the molecule is CCN(Cc1ccccc1)S(=O)(=O)c1ccc(OC)c(I)c1. The number of sulfonamides is 1. The molecule has 22 heavy (non-hydrogen) atoms. The summed E-state index contributed by atoms with van der Waals surface area (Å²) in [6.07, 6.45) is 0. The molecule has 0 radical (unpaired) electrons. The van der Waals surface area contributed by atoms with Gasteiger partial charge in [0, 0.05) is 13.1 Å². The maximum atomic E-state index is 12.8. The van der Waals surface area contributed by atoms with Gasteiger partial charge < -0.3 is 4.74 Å². The molecule has 118 valence electrons. The van der Waals surface area contributed by atoms with E-state index in [1.165, 1.54) is 4.31 Å². The number of halogens is 1. The molecule has 0 saturated heterocycles. The van der Waals surface area contributed by atoms with Crippen molar-refractivity contribution in [3.8, 4) is 5.75 Å². The van der Waals surface area contributed by atoms with Gasteiger partial charge in [0.2, 0.25) is 10.0 Å². The Hall–Kier alpha value is -1.12. The Morgan fingerprint density at radius 3 is 2.36 bits per heavy atom. The standard InChI is InChI=1S/C16H18INO3S/c1-3-18(12-13-7-5-4-6-8-13)22(19,20)14-9-10-16(21-2)15(17)11-14/h4-11H,3,12H2,1-2H3. The van der Waals surface area contributed by atoms with Crippen LogP contribution in [0.1, 0.15) is 12.5 Å². The summed E-state index contributed by atoms with van der Waals surface area (Å²) in [7, 11) is -1.95. The minimum Gasteiger partial charge on any atom is -0.496 e. The van der Waals surface area contributed by atoms with Crippen molar-refractivity contribution in [2.45, 2.75) is 18.4 Å². The average molecular weight is 431 g/mol. The van der Waals surface area contributed by atoms with Crippen LogP contribution in [0.2, 0.25) is 0 Å². The lowest BCUT2D eigenvalue weighted by molar-refractivity contribution is 0.410. The molecule has 2 aromatic carbocycles. The van der Waals surface area contributed by atoms with Crippen LogP contribution in [0, 0.1) is 3.57 Å². The third kappa shape index (κ3) is 3.80. The van der Waals surface area contributed by atoms with E-state index >= 15 is 0 Å². The largest absolute Gasteiger partial charge is 0.496 e. The van der Waals surface area contributed by atoms with E-state index < -0.39 is 10.0 Å². The molecule has 4 nitrogen and oxygen atoms in total. The van der Waals surface area contributed by atoms with E-state index in [0.29, 0.717) is 18.8 Å². The van der Waals surface area contributed by atoms with Gasteiger partial charge in [-0.3, -0.25) is 0 Å². The highest BCUT2D eigenvalue weighted by molar-refractivity contribution is 14.1. The molecule has 0 aliphatic rings. The first-order valence-corrected chi connectivity index (χ1v) is 9.38. The van der Waals surface area contributed by atoms with Crippen molar-refractivity contribution in [1.29, 1.82) is 0 Å². The third-order valence-corrected chi connectivity index (χ3v) is 6.08. The molecule has 0 aliphatic heterocycles. The number of nitrogens with zero attached hydrogens (tertiary/aromatic N) is 1. The highest BCUT2D eigenvalue weighted by Gasteiger charge is 2.24. The molecule has 0 aromatic heterocycles. The molecule has 0 heterocycles. The summed E-state index contributed by atoms with van der Waals surface area (Å²) in [4.78, 5) is 0.287. The Morgan fingerprint density at radius 2 is 1.82 bits per heavy atom. The van der Waals surface area contributed by atoms with Crippen molar-refractivity contribution in [3.05, 3.63) is 57.7 Å². The molecule has 0 fully saturated rings. The fourth-order valence-corrected chi connectivity index (χ4v) is 4.52. The molecule has 6 heteroatoms. The second-order valence-electron chi connectivity index (χ2n) is 4.71. The zero-order valence-corrected chi connectivity index (χ0v) is 15.5. The van der Waals surface area contributed by atoms with Gasteiger partial charge in [0.25, 0.3) is 0 Å². The Labute approximate surface area is 145 Å². The van der Waals surface area contributed by atoms with Gasteiger partial charge in [-0.2, -0.15) is 4.31 Å². The van der Waals surface area contributed by atoms with Crippen LogP contribution in [0.5, 0.6) is 5.75 Å². The minimum absolute atomic E-state index is 0.287. The predicted octanol–water partition coefficient (Wildman–Crippen LogP) is 3.51. The molecule has 2 aromatic rings. The monoisotopic (exact) mass is 431 g/mol. The number of rotatable bonds is 6. The van der Waals surface area contributed by atoms with Crippen LogP contribution in [0.15, 0.2) is 53.4 Å². The summed E-state index contributed by atoms with van der Waals surface area (Å²) in [5.41, 5.74) is 0.969. The average Bonchev–Trinajstić information content (AvgIpc) is 2.53. The molecule has 0 atom stereocenters. The van der Waals surface area contributed by atoms with Crippen molar-refractivity contribution >= 4 is 32.6 Å². The number of hydrogen-bond donors (Lipinski definition) is 0. The third-order valence-electron chi connectivity index (χ3n) is 3.32. The Balaban J connectivity index is 2.32. The normalized spacial score (nSPS) is 11.6. The summed E-state index contributed by atoms with van der Waals surface area (Å²) in [6.45, 7) is 2.62. The van der Waals surface area contributed by atoms with Crippen LogP contribution in [0.4, 0.5) is 0 Å². The fraction of sp³-hybridized carbons (Fsp3) is 0.250. The molecule has 0 unspecified atom stereocenters. The number of ether oxygens (including phenoxy) is 1. The van der Waals surface area contributed by atoms with Crippen LogP contribution in [0.3, 0.4) is 0 Å². The topological polar surface area (TPSA) is 46.6 Å². The van der Waals surface area contributed by atoms with Gasteiger partial charge in [0.1, 0.15) is 5.75 Å². The number of methoxy groups -OCH3 is 1. The molecular weight excluding hydrogens is 413 g/mol. The van der Waals surface area contributed by atoms with Crippen molar-refractivity contribution in [2.24, 2.45) is 0 Å². The lowest BCUT2D eigenvalue weighted by Gasteiger charge is -2.21. The Morgan fingerprint density at radius 1 is 1.14 bits per heavy atom. The fourth-order valence-electron chi connectivity index (χ4n) is 2.11. The van der Waals surface area contributed by atoms with E-state index in [1.54, 1.807) is 25.3 Å². The minimum atomic E-state index is -3.52.